The number of hydrogen-bond donors (Lipinski definition) is 1. The SMILES string of the molecule is N#Cc1cc(CN)c(Cl)cc1F. The Hall–Kier alpha value is -1.11. The number of benzene rings is 1. The molecule has 0 saturated heterocycles. The second-order valence-electron chi connectivity index (χ2n) is 2.24. The molecular weight excluding hydrogens is 179 g/mol. The Bertz CT molecular complexity index is 344. The van der Waals surface area contributed by atoms with E-state index >= 15 is 0 Å². The lowest BCUT2D eigenvalue weighted by Crippen LogP contribution is -1.99. The first kappa shape index (κ1) is 8.98. The molecule has 0 fully saturated rings. The summed E-state index contributed by atoms with van der Waals surface area (Å²) in [6, 6.07) is 4.17. The Morgan fingerprint density at radius 2 is 2.25 bits per heavy atom. The first-order valence-corrected chi connectivity index (χ1v) is 3.65. The highest BCUT2D eigenvalue weighted by molar-refractivity contribution is 6.31. The van der Waals surface area contributed by atoms with Crippen LogP contribution in [0.25, 0.3) is 0 Å². The van der Waals surface area contributed by atoms with Gasteiger partial charge in [-0.15, -0.1) is 0 Å². The van der Waals surface area contributed by atoms with Crippen LogP contribution < -0.4 is 5.73 Å². The molecule has 0 aromatic heterocycles. The summed E-state index contributed by atoms with van der Waals surface area (Å²) >= 11 is 5.63. The van der Waals surface area contributed by atoms with E-state index in [1.54, 1.807) is 6.07 Å². The van der Waals surface area contributed by atoms with Crippen LogP contribution in [0.5, 0.6) is 0 Å². The molecule has 0 saturated carbocycles. The van der Waals surface area contributed by atoms with Crippen LogP contribution in [0.3, 0.4) is 0 Å². The van der Waals surface area contributed by atoms with Crippen molar-refractivity contribution in [2.24, 2.45) is 5.73 Å². The number of nitrogens with zero attached hydrogens (tertiary/aromatic N) is 1. The van der Waals surface area contributed by atoms with Crippen LogP contribution in [0.2, 0.25) is 5.02 Å². The van der Waals surface area contributed by atoms with Gasteiger partial charge in [0.25, 0.3) is 0 Å². The third-order valence-corrected chi connectivity index (χ3v) is 1.83. The number of nitrogens with two attached hydrogens (primary N) is 1. The summed E-state index contributed by atoms with van der Waals surface area (Å²) in [5.74, 6) is -0.611. The summed E-state index contributed by atoms with van der Waals surface area (Å²) in [4.78, 5) is 0. The molecule has 1 aromatic carbocycles. The van der Waals surface area contributed by atoms with Gasteiger partial charge in [0.2, 0.25) is 0 Å². The molecule has 0 spiro atoms. The van der Waals surface area contributed by atoms with Crippen LogP contribution in [0, 0.1) is 17.1 Å². The lowest BCUT2D eigenvalue weighted by Gasteiger charge is -2.01. The molecule has 0 unspecified atom stereocenters. The molecule has 0 bridgehead atoms. The number of rotatable bonds is 1. The fourth-order valence-electron chi connectivity index (χ4n) is 0.836. The van der Waals surface area contributed by atoms with Crippen LogP contribution in [-0.2, 0) is 6.54 Å². The predicted octanol–water partition coefficient (Wildman–Crippen LogP) is 1.81. The maximum atomic E-state index is 12.8. The maximum Gasteiger partial charge on any atom is 0.142 e. The third kappa shape index (κ3) is 1.55. The lowest BCUT2D eigenvalue weighted by molar-refractivity contribution is 0.623. The van der Waals surface area contributed by atoms with Gasteiger partial charge in [-0.1, -0.05) is 11.6 Å². The predicted molar refractivity (Wildman–Crippen MR) is 44.0 cm³/mol. The van der Waals surface area contributed by atoms with Crippen molar-refractivity contribution >= 4 is 11.6 Å². The first-order chi connectivity index (χ1) is 5.69. The second-order valence-corrected chi connectivity index (χ2v) is 2.65. The van der Waals surface area contributed by atoms with Gasteiger partial charge in [-0.25, -0.2) is 4.39 Å². The Kier molecular flexibility index (Phi) is 2.64. The van der Waals surface area contributed by atoms with Crippen molar-refractivity contribution < 1.29 is 4.39 Å². The molecule has 0 atom stereocenters. The van der Waals surface area contributed by atoms with Crippen molar-refractivity contribution in [3.05, 3.63) is 34.1 Å². The van der Waals surface area contributed by atoms with E-state index in [0.29, 0.717) is 5.56 Å². The van der Waals surface area contributed by atoms with Gasteiger partial charge in [-0.05, 0) is 17.7 Å². The smallest absolute Gasteiger partial charge is 0.142 e. The summed E-state index contributed by atoms with van der Waals surface area (Å²) in [6.07, 6.45) is 0. The van der Waals surface area contributed by atoms with E-state index in [2.05, 4.69) is 0 Å². The van der Waals surface area contributed by atoms with Crippen LogP contribution >= 0.6 is 11.6 Å². The van der Waals surface area contributed by atoms with Gasteiger partial charge < -0.3 is 5.73 Å². The third-order valence-electron chi connectivity index (χ3n) is 1.48. The van der Waals surface area contributed by atoms with Crippen LogP contribution in [-0.4, -0.2) is 0 Å². The Balaban J connectivity index is 3.30. The quantitative estimate of drug-likeness (QED) is 0.724. The summed E-state index contributed by atoms with van der Waals surface area (Å²) in [5.41, 5.74) is 5.86. The summed E-state index contributed by atoms with van der Waals surface area (Å²) in [5, 5.41) is 8.71. The van der Waals surface area contributed by atoms with Gasteiger partial charge in [-0.3, -0.25) is 0 Å². The molecule has 0 radical (unpaired) electrons. The molecule has 0 aliphatic heterocycles. The number of halogens is 2. The van der Waals surface area contributed by atoms with E-state index in [9.17, 15) is 4.39 Å². The monoisotopic (exact) mass is 184 g/mol. The number of nitriles is 1. The van der Waals surface area contributed by atoms with Gasteiger partial charge in [0, 0.05) is 11.6 Å². The van der Waals surface area contributed by atoms with Crippen molar-refractivity contribution in [3.8, 4) is 6.07 Å². The van der Waals surface area contributed by atoms with Crippen molar-refractivity contribution in [2.75, 3.05) is 0 Å². The summed E-state index contributed by atoms with van der Waals surface area (Å²) in [6.45, 7) is 0.202. The minimum absolute atomic E-state index is 0.0279. The molecule has 4 heteroatoms. The molecule has 1 aromatic rings. The van der Waals surface area contributed by atoms with Crippen molar-refractivity contribution in [1.82, 2.24) is 0 Å². The average Bonchev–Trinajstić information content (AvgIpc) is 2.05. The molecule has 2 nitrogen and oxygen atoms in total. The number of hydrogen-bond acceptors (Lipinski definition) is 2. The largest absolute Gasteiger partial charge is 0.326 e. The fraction of sp³-hybridized carbons (Fsp3) is 0.125. The molecule has 12 heavy (non-hydrogen) atoms. The van der Waals surface area contributed by atoms with Crippen LogP contribution in [0.15, 0.2) is 12.1 Å². The zero-order chi connectivity index (χ0) is 9.14. The van der Waals surface area contributed by atoms with E-state index in [1.807, 2.05) is 0 Å². The molecule has 0 aliphatic carbocycles. The zero-order valence-corrected chi connectivity index (χ0v) is 6.90. The molecule has 1 rings (SSSR count). The second kappa shape index (κ2) is 3.53. The molecular formula is C8H6ClFN2. The van der Waals surface area contributed by atoms with Crippen molar-refractivity contribution in [1.29, 1.82) is 5.26 Å². The minimum Gasteiger partial charge on any atom is -0.326 e. The fourth-order valence-corrected chi connectivity index (χ4v) is 1.06. The van der Waals surface area contributed by atoms with E-state index in [4.69, 9.17) is 22.6 Å². The highest BCUT2D eigenvalue weighted by atomic mass is 35.5. The van der Waals surface area contributed by atoms with Crippen molar-refractivity contribution in [3.63, 3.8) is 0 Å². The van der Waals surface area contributed by atoms with E-state index in [1.165, 1.54) is 6.07 Å². The molecule has 2 N–H and O–H groups in total. The minimum atomic E-state index is -0.611. The highest BCUT2D eigenvalue weighted by Crippen LogP contribution is 2.19. The standard InChI is InChI=1S/C8H6ClFN2/c9-7-2-8(10)6(4-12)1-5(7)3-11/h1-2H,3,11H2. The Labute approximate surface area is 74.4 Å². The lowest BCUT2D eigenvalue weighted by atomic mass is 10.1. The van der Waals surface area contributed by atoms with Gasteiger partial charge >= 0.3 is 0 Å². The van der Waals surface area contributed by atoms with E-state index < -0.39 is 5.82 Å². The van der Waals surface area contributed by atoms with E-state index in [-0.39, 0.29) is 17.1 Å². The molecule has 0 heterocycles. The van der Waals surface area contributed by atoms with Crippen LogP contribution in [0.4, 0.5) is 4.39 Å². The van der Waals surface area contributed by atoms with Gasteiger partial charge in [0.1, 0.15) is 11.9 Å². The maximum absolute atomic E-state index is 12.8. The molecule has 0 amide bonds. The van der Waals surface area contributed by atoms with Gasteiger partial charge in [0.15, 0.2) is 0 Å². The normalized spacial score (nSPS) is 9.50. The van der Waals surface area contributed by atoms with Crippen LogP contribution in [0.1, 0.15) is 11.1 Å². The van der Waals surface area contributed by atoms with Gasteiger partial charge in [-0.2, -0.15) is 5.26 Å². The molecule has 0 aliphatic rings. The molecule has 62 valence electrons. The zero-order valence-electron chi connectivity index (χ0n) is 6.14. The Morgan fingerprint density at radius 1 is 1.58 bits per heavy atom. The topological polar surface area (TPSA) is 49.8 Å². The van der Waals surface area contributed by atoms with Gasteiger partial charge in [0.05, 0.1) is 5.56 Å². The highest BCUT2D eigenvalue weighted by Gasteiger charge is 2.06. The average molecular weight is 185 g/mol. The van der Waals surface area contributed by atoms with E-state index in [0.717, 1.165) is 6.07 Å². The summed E-state index contributed by atoms with van der Waals surface area (Å²) < 4.78 is 12.8. The Morgan fingerprint density at radius 3 is 2.75 bits per heavy atom. The summed E-state index contributed by atoms with van der Waals surface area (Å²) in [7, 11) is 0. The van der Waals surface area contributed by atoms with Crippen molar-refractivity contribution in [2.45, 2.75) is 6.54 Å². The first-order valence-electron chi connectivity index (χ1n) is 3.27.